The van der Waals surface area contributed by atoms with Gasteiger partial charge in [0.15, 0.2) is 5.41 Å². The molecule has 5 heteroatoms. The summed E-state index contributed by atoms with van der Waals surface area (Å²) in [5.74, 6) is -0.412. The maximum Gasteiger partial charge on any atom is 0.322 e. The quantitative estimate of drug-likeness (QED) is 0.639. The number of H-pyrrole nitrogens is 1. The molecule has 2 N–H and O–H groups in total. The number of aliphatic carboxylic acids is 1. The summed E-state index contributed by atoms with van der Waals surface area (Å²) >= 11 is 0. The van der Waals surface area contributed by atoms with E-state index >= 15 is 0 Å². The molecule has 2 heterocycles. The van der Waals surface area contributed by atoms with Crippen LogP contribution in [0.15, 0.2) is 12.4 Å². The van der Waals surface area contributed by atoms with Gasteiger partial charge in [-0.05, 0) is 0 Å². The molecule has 0 unspecified atom stereocenters. The minimum absolute atomic E-state index is 0.204. The van der Waals surface area contributed by atoms with Crippen LogP contribution in [-0.2, 0) is 14.9 Å². The molecule has 0 bridgehead atoms. The van der Waals surface area contributed by atoms with Gasteiger partial charge < -0.3 is 14.8 Å². The predicted octanol–water partition coefficient (Wildman–Crippen LogP) is -0.238. The van der Waals surface area contributed by atoms with Gasteiger partial charge in [-0.1, -0.05) is 0 Å². The highest BCUT2D eigenvalue weighted by atomic mass is 16.5. The Hall–Kier alpha value is -1.36. The molecule has 1 aliphatic rings. The first-order chi connectivity index (χ1) is 5.76. The maximum absolute atomic E-state index is 10.9. The number of hydrogen-bond donors (Lipinski definition) is 2. The lowest BCUT2D eigenvalue weighted by atomic mass is 9.85. The van der Waals surface area contributed by atoms with E-state index in [0.29, 0.717) is 5.82 Å². The monoisotopic (exact) mass is 168 g/mol. The Kier molecular flexibility index (Phi) is 1.41. The van der Waals surface area contributed by atoms with Crippen molar-refractivity contribution in [1.82, 2.24) is 9.97 Å². The fraction of sp³-hybridized carbons (Fsp3) is 0.429. The first kappa shape index (κ1) is 7.30. The van der Waals surface area contributed by atoms with Crippen LogP contribution in [0.5, 0.6) is 0 Å². The van der Waals surface area contributed by atoms with E-state index in [1.807, 2.05) is 0 Å². The summed E-state index contributed by atoms with van der Waals surface area (Å²) in [7, 11) is 0. The lowest BCUT2D eigenvalue weighted by Crippen LogP contribution is -2.53. The van der Waals surface area contributed by atoms with Crippen molar-refractivity contribution in [2.24, 2.45) is 0 Å². The molecular formula is C7H8N2O3. The van der Waals surface area contributed by atoms with Crippen molar-refractivity contribution in [3.05, 3.63) is 18.2 Å². The van der Waals surface area contributed by atoms with Crippen LogP contribution in [0.25, 0.3) is 0 Å². The van der Waals surface area contributed by atoms with Gasteiger partial charge in [0, 0.05) is 12.4 Å². The van der Waals surface area contributed by atoms with E-state index in [1.54, 1.807) is 12.4 Å². The summed E-state index contributed by atoms with van der Waals surface area (Å²) in [5.41, 5.74) is -0.927. The number of rotatable bonds is 2. The first-order valence-corrected chi connectivity index (χ1v) is 3.57. The second-order valence-electron chi connectivity index (χ2n) is 2.82. The second kappa shape index (κ2) is 2.31. The minimum atomic E-state index is -0.927. The highest BCUT2D eigenvalue weighted by Gasteiger charge is 2.50. The van der Waals surface area contributed by atoms with Gasteiger partial charge in [-0.3, -0.25) is 4.79 Å². The van der Waals surface area contributed by atoms with Gasteiger partial charge in [0.1, 0.15) is 5.82 Å². The summed E-state index contributed by atoms with van der Waals surface area (Å²) in [5, 5.41) is 8.92. The average Bonchev–Trinajstić information content (AvgIpc) is 2.35. The summed E-state index contributed by atoms with van der Waals surface area (Å²) < 4.78 is 4.88. The number of imidazole rings is 1. The zero-order valence-electron chi connectivity index (χ0n) is 6.28. The van der Waals surface area contributed by atoms with Crippen LogP contribution < -0.4 is 0 Å². The van der Waals surface area contributed by atoms with Crippen molar-refractivity contribution >= 4 is 5.97 Å². The third kappa shape index (κ3) is 0.767. The van der Waals surface area contributed by atoms with E-state index in [9.17, 15) is 4.79 Å². The second-order valence-corrected chi connectivity index (χ2v) is 2.82. The molecule has 0 saturated carbocycles. The Labute approximate surface area is 68.4 Å². The molecule has 1 aliphatic heterocycles. The predicted molar refractivity (Wildman–Crippen MR) is 38.7 cm³/mol. The minimum Gasteiger partial charge on any atom is -0.480 e. The molecular weight excluding hydrogens is 160 g/mol. The Bertz CT molecular complexity index is 290. The van der Waals surface area contributed by atoms with Crippen molar-refractivity contribution in [2.75, 3.05) is 13.2 Å². The van der Waals surface area contributed by atoms with Crippen LogP contribution in [-0.4, -0.2) is 34.3 Å². The van der Waals surface area contributed by atoms with E-state index < -0.39 is 11.4 Å². The van der Waals surface area contributed by atoms with Crippen LogP contribution in [0.1, 0.15) is 5.82 Å². The lowest BCUT2D eigenvalue weighted by molar-refractivity contribution is -0.163. The Morgan fingerprint density at radius 1 is 1.75 bits per heavy atom. The topological polar surface area (TPSA) is 75.2 Å². The van der Waals surface area contributed by atoms with Crippen LogP contribution in [0.3, 0.4) is 0 Å². The van der Waals surface area contributed by atoms with Crippen molar-refractivity contribution in [3.63, 3.8) is 0 Å². The van der Waals surface area contributed by atoms with E-state index in [2.05, 4.69) is 9.97 Å². The van der Waals surface area contributed by atoms with E-state index in [1.165, 1.54) is 0 Å². The van der Waals surface area contributed by atoms with Crippen LogP contribution in [0, 0.1) is 0 Å². The van der Waals surface area contributed by atoms with Gasteiger partial charge in [-0.2, -0.15) is 0 Å². The average molecular weight is 168 g/mol. The fourth-order valence-corrected chi connectivity index (χ4v) is 1.19. The van der Waals surface area contributed by atoms with Crippen molar-refractivity contribution in [2.45, 2.75) is 5.41 Å². The van der Waals surface area contributed by atoms with Gasteiger partial charge in [-0.15, -0.1) is 0 Å². The summed E-state index contributed by atoms with van der Waals surface area (Å²) in [6, 6.07) is 0. The first-order valence-electron chi connectivity index (χ1n) is 3.57. The number of carboxylic acid groups (broad SMARTS) is 1. The molecule has 0 spiro atoms. The van der Waals surface area contributed by atoms with Crippen LogP contribution in [0.4, 0.5) is 0 Å². The van der Waals surface area contributed by atoms with Gasteiger partial charge in [0.05, 0.1) is 13.2 Å². The molecule has 0 aromatic carbocycles. The van der Waals surface area contributed by atoms with Gasteiger partial charge in [0.2, 0.25) is 0 Å². The fourth-order valence-electron chi connectivity index (χ4n) is 1.19. The number of nitrogens with one attached hydrogen (secondary N) is 1. The summed E-state index contributed by atoms with van der Waals surface area (Å²) in [6.07, 6.45) is 3.15. The molecule has 2 rings (SSSR count). The number of ether oxygens (including phenoxy) is 1. The van der Waals surface area contributed by atoms with Gasteiger partial charge >= 0.3 is 5.97 Å². The Morgan fingerprint density at radius 3 is 2.83 bits per heavy atom. The zero-order chi connectivity index (χ0) is 8.60. The van der Waals surface area contributed by atoms with Gasteiger partial charge in [0.25, 0.3) is 0 Å². The van der Waals surface area contributed by atoms with E-state index in [0.717, 1.165) is 0 Å². The molecule has 1 fully saturated rings. The number of nitrogens with zero attached hydrogens (tertiary/aromatic N) is 1. The van der Waals surface area contributed by atoms with Crippen molar-refractivity contribution in [3.8, 4) is 0 Å². The number of aromatic amines is 1. The lowest BCUT2D eigenvalue weighted by Gasteiger charge is -2.35. The van der Waals surface area contributed by atoms with Gasteiger partial charge in [-0.25, -0.2) is 4.98 Å². The SMILES string of the molecule is O=C(O)C1(c2ncc[nH]2)COC1. The van der Waals surface area contributed by atoms with Crippen molar-refractivity contribution < 1.29 is 14.6 Å². The highest BCUT2D eigenvalue weighted by molar-refractivity contribution is 5.81. The molecule has 0 aliphatic carbocycles. The zero-order valence-corrected chi connectivity index (χ0v) is 6.28. The Morgan fingerprint density at radius 2 is 2.50 bits per heavy atom. The van der Waals surface area contributed by atoms with Crippen molar-refractivity contribution in [1.29, 1.82) is 0 Å². The number of aromatic nitrogens is 2. The normalized spacial score (nSPS) is 20.0. The van der Waals surface area contributed by atoms with Crippen LogP contribution in [0.2, 0.25) is 0 Å². The van der Waals surface area contributed by atoms with E-state index in [4.69, 9.17) is 9.84 Å². The van der Waals surface area contributed by atoms with Crippen LogP contribution >= 0.6 is 0 Å². The number of hydrogen-bond acceptors (Lipinski definition) is 3. The largest absolute Gasteiger partial charge is 0.480 e. The smallest absolute Gasteiger partial charge is 0.322 e. The standard InChI is InChI=1S/C7H8N2O3/c10-6(11)7(3-12-4-7)5-8-1-2-9-5/h1-2H,3-4H2,(H,8,9)(H,10,11). The molecule has 5 nitrogen and oxygen atoms in total. The molecule has 0 radical (unpaired) electrons. The summed E-state index contributed by atoms with van der Waals surface area (Å²) in [4.78, 5) is 17.6. The molecule has 12 heavy (non-hydrogen) atoms. The highest BCUT2D eigenvalue weighted by Crippen LogP contribution is 2.29. The summed E-state index contributed by atoms with van der Waals surface area (Å²) in [6.45, 7) is 0.408. The third-order valence-electron chi connectivity index (χ3n) is 2.06. The molecule has 0 amide bonds. The molecule has 64 valence electrons. The third-order valence-corrected chi connectivity index (χ3v) is 2.06. The molecule has 1 aromatic heterocycles. The molecule has 1 aromatic rings. The number of carbonyl (C=O) groups is 1. The van der Waals surface area contributed by atoms with E-state index in [-0.39, 0.29) is 13.2 Å². The molecule has 0 atom stereocenters. The number of carboxylic acids is 1. The Balaban J connectivity index is 2.35. The maximum atomic E-state index is 10.9. The molecule has 1 saturated heterocycles.